The molecule has 2 amide bonds. The number of nitrogens with one attached hydrogen (secondary N) is 1. The third-order valence-corrected chi connectivity index (χ3v) is 3.20. The van der Waals surface area contributed by atoms with Crippen molar-refractivity contribution in [3.05, 3.63) is 28.5 Å². The first-order valence-electron chi connectivity index (χ1n) is 5.63. The second-order valence-electron chi connectivity index (χ2n) is 3.89. The molecule has 1 heterocycles. The maximum atomic E-state index is 11.9. The second kappa shape index (κ2) is 6.49. The molecule has 0 fully saturated rings. The first-order valence-corrected chi connectivity index (χ1v) is 6.43. The van der Waals surface area contributed by atoms with Crippen molar-refractivity contribution in [1.82, 2.24) is 15.2 Å². The topological polar surface area (TPSA) is 62.3 Å². The Bertz CT molecular complexity index is 451. The fraction of sp³-hybridized carbons (Fsp3) is 0.417. The highest BCUT2D eigenvalue weighted by atomic mass is 79.9. The molecule has 1 aromatic heterocycles. The lowest BCUT2D eigenvalue weighted by Gasteiger charge is -2.20. The fourth-order valence-corrected chi connectivity index (χ4v) is 1.81. The van der Waals surface area contributed by atoms with Gasteiger partial charge in [-0.1, -0.05) is 0 Å². The van der Waals surface area contributed by atoms with E-state index in [9.17, 15) is 9.59 Å². The smallest absolute Gasteiger partial charge is 0.254 e. The van der Waals surface area contributed by atoms with E-state index >= 15 is 0 Å². The molecule has 1 atom stereocenters. The molecule has 0 aliphatic heterocycles. The highest BCUT2D eigenvalue weighted by Crippen LogP contribution is 2.12. The van der Waals surface area contributed by atoms with Crippen LogP contribution in [0.4, 0.5) is 0 Å². The number of carbonyl (C=O) groups is 2. The van der Waals surface area contributed by atoms with Crippen LogP contribution < -0.4 is 5.32 Å². The molecule has 0 aliphatic rings. The molecule has 1 aromatic rings. The standard InChI is InChI=1S/C12H16BrN3O2/c1-4-16(3)12(18)8(2)15-11(17)9-6-5-7-14-10(9)13/h5-8H,4H2,1-3H3,(H,15,17). The summed E-state index contributed by atoms with van der Waals surface area (Å²) in [6.07, 6.45) is 1.58. The highest BCUT2D eigenvalue weighted by Gasteiger charge is 2.20. The molecule has 5 nitrogen and oxygen atoms in total. The number of pyridine rings is 1. The number of halogens is 1. The number of nitrogens with zero attached hydrogens (tertiary/aromatic N) is 2. The Balaban J connectivity index is 2.71. The van der Waals surface area contributed by atoms with E-state index in [1.54, 1.807) is 37.2 Å². The van der Waals surface area contributed by atoms with Gasteiger partial charge in [-0.3, -0.25) is 9.59 Å². The van der Waals surface area contributed by atoms with Crippen molar-refractivity contribution in [3.63, 3.8) is 0 Å². The number of rotatable bonds is 4. The van der Waals surface area contributed by atoms with E-state index in [1.165, 1.54) is 0 Å². The summed E-state index contributed by atoms with van der Waals surface area (Å²) in [5.74, 6) is -0.439. The van der Waals surface area contributed by atoms with E-state index < -0.39 is 6.04 Å². The molecule has 1 unspecified atom stereocenters. The van der Waals surface area contributed by atoms with Gasteiger partial charge in [-0.15, -0.1) is 0 Å². The quantitative estimate of drug-likeness (QED) is 0.856. The molecule has 0 aromatic carbocycles. The van der Waals surface area contributed by atoms with Gasteiger partial charge in [0.15, 0.2) is 0 Å². The summed E-state index contributed by atoms with van der Waals surface area (Å²) in [6.45, 7) is 4.15. The number of likely N-dealkylation sites (N-methyl/N-ethyl adjacent to an activating group) is 1. The number of hydrogen-bond acceptors (Lipinski definition) is 3. The minimum absolute atomic E-state index is 0.120. The van der Waals surface area contributed by atoms with Crippen molar-refractivity contribution in [1.29, 1.82) is 0 Å². The van der Waals surface area contributed by atoms with E-state index in [0.29, 0.717) is 16.7 Å². The normalized spacial score (nSPS) is 11.8. The molecular formula is C12H16BrN3O2. The molecular weight excluding hydrogens is 298 g/mol. The Hall–Kier alpha value is -1.43. The molecule has 1 rings (SSSR count). The van der Waals surface area contributed by atoms with Crippen LogP contribution in [0.1, 0.15) is 24.2 Å². The summed E-state index contributed by atoms with van der Waals surface area (Å²) in [4.78, 5) is 29.3. The molecule has 98 valence electrons. The highest BCUT2D eigenvalue weighted by molar-refractivity contribution is 9.10. The Morgan fingerprint density at radius 2 is 2.22 bits per heavy atom. The number of hydrogen-bond donors (Lipinski definition) is 1. The zero-order valence-corrected chi connectivity index (χ0v) is 12.2. The van der Waals surface area contributed by atoms with Gasteiger partial charge < -0.3 is 10.2 Å². The van der Waals surface area contributed by atoms with E-state index in [2.05, 4.69) is 26.2 Å². The lowest BCUT2D eigenvalue weighted by molar-refractivity contribution is -0.131. The van der Waals surface area contributed by atoms with Crippen LogP contribution in [0.3, 0.4) is 0 Å². The summed E-state index contributed by atoms with van der Waals surface area (Å²) >= 11 is 3.20. The van der Waals surface area contributed by atoms with Crippen molar-refractivity contribution < 1.29 is 9.59 Å². The maximum absolute atomic E-state index is 11.9. The van der Waals surface area contributed by atoms with E-state index in [4.69, 9.17) is 0 Å². The molecule has 0 bridgehead atoms. The van der Waals surface area contributed by atoms with Crippen LogP contribution in [0, 0.1) is 0 Å². The van der Waals surface area contributed by atoms with E-state index in [-0.39, 0.29) is 11.8 Å². The summed E-state index contributed by atoms with van der Waals surface area (Å²) in [7, 11) is 1.70. The Kier molecular flexibility index (Phi) is 5.27. The van der Waals surface area contributed by atoms with E-state index in [1.807, 2.05) is 6.92 Å². The van der Waals surface area contributed by atoms with Crippen LogP contribution in [-0.2, 0) is 4.79 Å². The molecule has 0 aliphatic carbocycles. The van der Waals surface area contributed by atoms with Gasteiger partial charge in [0, 0.05) is 19.8 Å². The maximum Gasteiger partial charge on any atom is 0.254 e. The lowest BCUT2D eigenvalue weighted by Crippen LogP contribution is -2.45. The molecule has 6 heteroatoms. The minimum atomic E-state index is -0.561. The van der Waals surface area contributed by atoms with Crippen LogP contribution >= 0.6 is 15.9 Å². The van der Waals surface area contributed by atoms with Gasteiger partial charge in [0.25, 0.3) is 5.91 Å². The third-order valence-electron chi connectivity index (χ3n) is 2.57. The zero-order chi connectivity index (χ0) is 13.7. The Morgan fingerprint density at radius 1 is 1.56 bits per heavy atom. The van der Waals surface area contributed by atoms with Gasteiger partial charge in [-0.25, -0.2) is 4.98 Å². The first-order chi connectivity index (χ1) is 8.47. The molecule has 1 N–H and O–H groups in total. The SMILES string of the molecule is CCN(C)C(=O)C(C)NC(=O)c1cccnc1Br. The van der Waals surface area contributed by atoms with Crippen LogP contribution in [0.2, 0.25) is 0 Å². The van der Waals surface area contributed by atoms with Crippen molar-refractivity contribution in [2.75, 3.05) is 13.6 Å². The van der Waals surface area contributed by atoms with Gasteiger partial charge in [0.05, 0.1) is 5.56 Å². The van der Waals surface area contributed by atoms with Crippen molar-refractivity contribution in [2.24, 2.45) is 0 Å². The Labute approximate surface area is 115 Å². The van der Waals surface area contributed by atoms with Gasteiger partial charge in [0.1, 0.15) is 10.6 Å². The molecule has 0 radical (unpaired) electrons. The molecule has 18 heavy (non-hydrogen) atoms. The van der Waals surface area contributed by atoms with Crippen molar-refractivity contribution in [3.8, 4) is 0 Å². The van der Waals surface area contributed by atoms with Gasteiger partial charge in [0.2, 0.25) is 5.91 Å². The van der Waals surface area contributed by atoms with Crippen LogP contribution in [-0.4, -0.2) is 41.3 Å². The van der Waals surface area contributed by atoms with Crippen molar-refractivity contribution >= 4 is 27.7 Å². The van der Waals surface area contributed by atoms with Crippen LogP contribution in [0.5, 0.6) is 0 Å². The summed E-state index contributed by atoms with van der Waals surface area (Å²) < 4.78 is 0.464. The van der Waals surface area contributed by atoms with Gasteiger partial charge in [-0.2, -0.15) is 0 Å². The molecule has 0 saturated carbocycles. The first kappa shape index (κ1) is 14.6. The van der Waals surface area contributed by atoms with Crippen molar-refractivity contribution in [2.45, 2.75) is 19.9 Å². The Morgan fingerprint density at radius 3 is 2.78 bits per heavy atom. The largest absolute Gasteiger partial charge is 0.344 e. The van der Waals surface area contributed by atoms with Crippen LogP contribution in [0.15, 0.2) is 22.9 Å². The fourth-order valence-electron chi connectivity index (χ4n) is 1.38. The molecule has 0 spiro atoms. The zero-order valence-electron chi connectivity index (χ0n) is 10.6. The monoisotopic (exact) mass is 313 g/mol. The summed E-state index contributed by atoms with van der Waals surface area (Å²) in [5.41, 5.74) is 0.413. The predicted molar refractivity (Wildman–Crippen MR) is 72.2 cm³/mol. The summed E-state index contributed by atoms with van der Waals surface area (Å²) in [6, 6.07) is 2.76. The molecule has 0 saturated heterocycles. The number of carbonyl (C=O) groups excluding carboxylic acids is 2. The average molecular weight is 314 g/mol. The van der Waals surface area contributed by atoms with Gasteiger partial charge in [-0.05, 0) is 41.9 Å². The van der Waals surface area contributed by atoms with Gasteiger partial charge >= 0.3 is 0 Å². The number of amides is 2. The lowest BCUT2D eigenvalue weighted by atomic mass is 10.2. The second-order valence-corrected chi connectivity index (χ2v) is 4.64. The average Bonchev–Trinajstić information content (AvgIpc) is 2.37. The third kappa shape index (κ3) is 3.53. The predicted octanol–water partition coefficient (Wildman–Crippen LogP) is 1.44. The van der Waals surface area contributed by atoms with E-state index in [0.717, 1.165) is 0 Å². The summed E-state index contributed by atoms with van der Waals surface area (Å²) in [5, 5.41) is 2.65. The number of aromatic nitrogens is 1. The van der Waals surface area contributed by atoms with Crippen LogP contribution in [0.25, 0.3) is 0 Å². The minimum Gasteiger partial charge on any atom is -0.344 e.